The highest BCUT2D eigenvalue weighted by Crippen LogP contribution is 2.35. The number of nitrogens with zero attached hydrogens (tertiary/aromatic N) is 3. The van der Waals surface area contributed by atoms with Crippen molar-refractivity contribution >= 4 is 45.1 Å². The van der Waals surface area contributed by atoms with Crippen LogP contribution in [-0.2, 0) is 35.7 Å². The molecule has 0 bridgehead atoms. The summed E-state index contributed by atoms with van der Waals surface area (Å²) in [7, 11) is 0. The molecule has 1 N–H and O–H groups in total. The second kappa shape index (κ2) is 9.13. The van der Waals surface area contributed by atoms with Crippen LogP contribution in [0.2, 0.25) is 5.02 Å². The zero-order chi connectivity index (χ0) is 22.9. The van der Waals surface area contributed by atoms with Gasteiger partial charge in [-0.3, -0.25) is 5.32 Å². The SMILES string of the molecule is CCc1nc(-c2ccc(Cl)cc2C)sc1NC(=O)OCc1ccc2c(c1)nc1n2CCOC1. The molecule has 0 atom stereocenters. The van der Waals surface area contributed by atoms with Gasteiger partial charge in [-0.25, -0.2) is 14.8 Å². The van der Waals surface area contributed by atoms with Crippen molar-refractivity contribution in [2.24, 2.45) is 0 Å². The quantitative estimate of drug-likeness (QED) is 0.379. The van der Waals surface area contributed by atoms with E-state index in [-0.39, 0.29) is 6.61 Å². The summed E-state index contributed by atoms with van der Waals surface area (Å²) in [6.45, 7) is 6.18. The first-order valence-corrected chi connectivity index (χ1v) is 12.0. The number of anilines is 1. The minimum atomic E-state index is -0.509. The first-order chi connectivity index (χ1) is 16.0. The van der Waals surface area contributed by atoms with E-state index in [0.717, 1.165) is 50.8 Å². The maximum atomic E-state index is 12.5. The van der Waals surface area contributed by atoms with Crippen molar-refractivity contribution in [3.63, 3.8) is 0 Å². The number of carbonyl (C=O) groups excluding carboxylic acids is 1. The van der Waals surface area contributed by atoms with Crippen LogP contribution in [0.5, 0.6) is 0 Å². The lowest BCUT2D eigenvalue weighted by Gasteiger charge is -2.14. The summed E-state index contributed by atoms with van der Waals surface area (Å²) in [4.78, 5) is 21.9. The van der Waals surface area contributed by atoms with E-state index in [1.54, 1.807) is 0 Å². The number of imidazole rings is 1. The van der Waals surface area contributed by atoms with Crippen LogP contribution in [0.25, 0.3) is 21.6 Å². The third kappa shape index (κ3) is 4.46. The van der Waals surface area contributed by atoms with Crippen LogP contribution in [0.1, 0.15) is 29.6 Å². The summed E-state index contributed by atoms with van der Waals surface area (Å²) in [6.07, 6.45) is 0.190. The molecule has 7 nitrogen and oxygen atoms in total. The van der Waals surface area contributed by atoms with Crippen molar-refractivity contribution in [3.05, 3.63) is 64.1 Å². The molecule has 1 aliphatic heterocycles. The lowest BCUT2D eigenvalue weighted by Crippen LogP contribution is -2.16. The van der Waals surface area contributed by atoms with Crippen molar-refractivity contribution in [1.29, 1.82) is 0 Å². The maximum absolute atomic E-state index is 12.5. The van der Waals surface area contributed by atoms with Crippen molar-refractivity contribution in [2.45, 2.75) is 40.0 Å². The van der Waals surface area contributed by atoms with Gasteiger partial charge in [0.25, 0.3) is 0 Å². The third-order valence-corrected chi connectivity index (χ3v) is 6.90. The van der Waals surface area contributed by atoms with Gasteiger partial charge in [0.05, 0.1) is 23.3 Å². The van der Waals surface area contributed by atoms with Crippen molar-refractivity contribution < 1.29 is 14.3 Å². The Morgan fingerprint density at radius 2 is 2.15 bits per heavy atom. The Morgan fingerprint density at radius 1 is 1.27 bits per heavy atom. The number of rotatable bonds is 5. The average Bonchev–Trinajstić information content (AvgIpc) is 3.38. The van der Waals surface area contributed by atoms with E-state index in [4.69, 9.17) is 26.1 Å². The number of halogens is 1. The topological polar surface area (TPSA) is 78.3 Å². The molecule has 9 heteroatoms. The molecule has 4 aromatic rings. The smallest absolute Gasteiger partial charge is 0.412 e. The minimum absolute atomic E-state index is 0.157. The van der Waals surface area contributed by atoms with E-state index in [1.165, 1.54) is 11.3 Å². The number of hydrogen-bond acceptors (Lipinski definition) is 6. The Kier molecular flexibility index (Phi) is 6.05. The van der Waals surface area contributed by atoms with Gasteiger partial charge in [-0.1, -0.05) is 42.0 Å². The highest BCUT2D eigenvalue weighted by molar-refractivity contribution is 7.19. The number of carbonyl (C=O) groups is 1. The lowest BCUT2D eigenvalue weighted by molar-refractivity contribution is 0.0830. The zero-order valence-electron chi connectivity index (χ0n) is 18.4. The zero-order valence-corrected chi connectivity index (χ0v) is 19.9. The predicted octanol–water partition coefficient (Wildman–Crippen LogP) is 5.96. The molecule has 0 radical (unpaired) electrons. The Bertz CT molecular complexity index is 1350. The van der Waals surface area contributed by atoms with Gasteiger partial charge >= 0.3 is 6.09 Å². The molecule has 0 fully saturated rings. The number of aromatic nitrogens is 3. The van der Waals surface area contributed by atoms with Crippen LogP contribution >= 0.6 is 22.9 Å². The molecule has 0 saturated carbocycles. The van der Waals surface area contributed by atoms with E-state index in [1.807, 2.05) is 50.2 Å². The van der Waals surface area contributed by atoms with Crippen LogP contribution < -0.4 is 5.32 Å². The average molecular weight is 483 g/mol. The standard InChI is InChI=1S/C24H23ClN4O3S/c1-3-18-23(33-22(27-18)17-6-5-16(25)10-14(17)2)28-24(30)32-12-15-4-7-20-19(11-15)26-21-13-31-9-8-29(20)21/h4-7,10-11H,3,8-9,12-13H2,1-2H3,(H,28,30). The van der Waals surface area contributed by atoms with Crippen molar-refractivity contribution in [2.75, 3.05) is 11.9 Å². The molecule has 2 aromatic heterocycles. The van der Waals surface area contributed by atoms with Crippen LogP contribution in [-0.4, -0.2) is 27.2 Å². The Balaban J connectivity index is 1.28. The third-order valence-electron chi connectivity index (χ3n) is 5.62. The fraction of sp³-hybridized carbons (Fsp3) is 0.292. The van der Waals surface area contributed by atoms with Gasteiger partial charge < -0.3 is 14.0 Å². The van der Waals surface area contributed by atoms with Gasteiger partial charge in [0, 0.05) is 17.1 Å². The molecule has 1 aliphatic rings. The molecule has 0 spiro atoms. The van der Waals surface area contributed by atoms with Gasteiger partial charge in [0.1, 0.15) is 29.0 Å². The molecule has 170 valence electrons. The number of ether oxygens (including phenoxy) is 2. The second-order valence-electron chi connectivity index (χ2n) is 7.86. The predicted molar refractivity (Wildman–Crippen MR) is 130 cm³/mol. The molecule has 33 heavy (non-hydrogen) atoms. The van der Waals surface area contributed by atoms with Gasteiger partial charge in [-0.2, -0.15) is 0 Å². The number of amides is 1. The molecule has 5 rings (SSSR count). The van der Waals surface area contributed by atoms with Crippen LogP contribution in [0.15, 0.2) is 36.4 Å². The van der Waals surface area contributed by atoms with Crippen LogP contribution in [0.4, 0.5) is 9.80 Å². The molecular formula is C24H23ClN4O3S. The number of nitrogens with one attached hydrogen (secondary N) is 1. The summed E-state index contributed by atoms with van der Waals surface area (Å²) >= 11 is 7.51. The Hall–Kier alpha value is -2.94. The highest BCUT2D eigenvalue weighted by atomic mass is 35.5. The normalized spacial score (nSPS) is 13.2. The van der Waals surface area contributed by atoms with E-state index < -0.39 is 6.09 Å². The lowest BCUT2D eigenvalue weighted by atomic mass is 10.1. The number of fused-ring (bicyclic) bond motifs is 3. The fourth-order valence-electron chi connectivity index (χ4n) is 3.94. The molecule has 2 aromatic carbocycles. The summed E-state index contributed by atoms with van der Waals surface area (Å²) < 4.78 is 13.1. The first kappa shape index (κ1) is 21.9. The van der Waals surface area contributed by atoms with E-state index in [2.05, 4.69) is 14.9 Å². The Labute approximate surface area is 200 Å². The molecule has 0 aliphatic carbocycles. The van der Waals surface area contributed by atoms with Crippen LogP contribution in [0.3, 0.4) is 0 Å². The monoisotopic (exact) mass is 482 g/mol. The number of aryl methyl sites for hydroxylation is 2. The maximum Gasteiger partial charge on any atom is 0.412 e. The summed E-state index contributed by atoms with van der Waals surface area (Å²) in [5.74, 6) is 0.927. The molecule has 1 amide bonds. The summed E-state index contributed by atoms with van der Waals surface area (Å²) in [5, 5.41) is 5.09. The van der Waals surface area contributed by atoms with Crippen molar-refractivity contribution in [3.8, 4) is 10.6 Å². The van der Waals surface area contributed by atoms with E-state index in [9.17, 15) is 4.79 Å². The van der Waals surface area contributed by atoms with Gasteiger partial charge in [0.15, 0.2) is 0 Å². The summed E-state index contributed by atoms with van der Waals surface area (Å²) in [5.41, 5.74) is 5.71. The largest absolute Gasteiger partial charge is 0.444 e. The van der Waals surface area contributed by atoms with Crippen molar-refractivity contribution in [1.82, 2.24) is 14.5 Å². The molecule has 3 heterocycles. The number of hydrogen-bond donors (Lipinski definition) is 1. The number of benzene rings is 2. The second-order valence-corrected chi connectivity index (χ2v) is 9.30. The van der Waals surface area contributed by atoms with E-state index >= 15 is 0 Å². The van der Waals surface area contributed by atoms with Crippen LogP contribution in [0, 0.1) is 6.92 Å². The minimum Gasteiger partial charge on any atom is -0.444 e. The highest BCUT2D eigenvalue weighted by Gasteiger charge is 2.17. The fourth-order valence-corrected chi connectivity index (χ4v) is 5.30. The summed E-state index contributed by atoms with van der Waals surface area (Å²) in [6, 6.07) is 11.6. The first-order valence-electron chi connectivity index (χ1n) is 10.8. The molecule has 0 unspecified atom stereocenters. The van der Waals surface area contributed by atoms with Gasteiger partial charge in [-0.15, -0.1) is 0 Å². The van der Waals surface area contributed by atoms with Gasteiger partial charge in [0.2, 0.25) is 0 Å². The molecular weight excluding hydrogens is 460 g/mol. The molecule has 0 saturated heterocycles. The number of thiazole rings is 1. The van der Waals surface area contributed by atoms with Gasteiger partial charge in [-0.05, 0) is 48.7 Å². The van der Waals surface area contributed by atoms with E-state index in [0.29, 0.717) is 29.7 Å². The Morgan fingerprint density at radius 3 is 2.97 bits per heavy atom.